The highest BCUT2D eigenvalue weighted by Crippen LogP contribution is 2.03. The maximum absolute atomic E-state index is 2.35. The van der Waals surface area contributed by atoms with Gasteiger partial charge in [0.1, 0.15) is 0 Å². The Kier molecular flexibility index (Phi) is 1.94. The van der Waals surface area contributed by atoms with Crippen molar-refractivity contribution in [3.63, 3.8) is 0 Å². The minimum atomic E-state index is 1.10. The minimum absolute atomic E-state index is 1.10. The zero-order valence-electron chi connectivity index (χ0n) is 4.76. The van der Waals surface area contributed by atoms with Gasteiger partial charge in [0.2, 0.25) is 0 Å². The Labute approximate surface area is 62.8 Å². The van der Waals surface area contributed by atoms with Crippen LogP contribution < -0.4 is 0 Å². The molecule has 0 amide bonds. The maximum Gasteiger partial charge on any atom is 0.0400 e. The molecular weight excluding hydrogens is 213 g/mol. The van der Waals surface area contributed by atoms with Gasteiger partial charge in [-0.2, -0.15) is 0 Å². The van der Waals surface area contributed by atoms with E-state index in [9.17, 15) is 0 Å². The van der Waals surface area contributed by atoms with Crippen molar-refractivity contribution in [3.8, 4) is 0 Å². The van der Waals surface area contributed by atoms with Gasteiger partial charge in [-0.05, 0) is 12.1 Å². The number of aromatic nitrogens is 1. The summed E-state index contributed by atoms with van der Waals surface area (Å²) in [6, 6.07) is 4.19. The van der Waals surface area contributed by atoms with Gasteiger partial charge >= 0.3 is 0 Å². The lowest BCUT2D eigenvalue weighted by atomic mass is 10.5. The quantitative estimate of drug-likeness (QED) is 0.504. The number of rotatable bonds is 1. The molecule has 1 heterocycles. The van der Waals surface area contributed by atoms with E-state index in [0.29, 0.717) is 0 Å². The van der Waals surface area contributed by atoms with Crippen molar-refractivity contribution < 1.29 is 0 Å². The summed E-state index contributed by atoms with van der Waals surface area (Å²) in [5, 5.41) is 0. The average Bonchev–Trinajstić information content (AvgIpc) is 2.14. The maximum atomic E-state index is 2.35. The van der Waals surface area contributed by atoms with Crippen molar-refractivity contribution in [2.45, 2.75) is 4.43 Å². The Morgan fingerprint density at radius 3 is 2.75 bits per heavy atom. The second-order valence-electron chi connectivity index (χ2n) is 1.74. The lowest BCUT2D eigenvalue weighted by molar-refractivity contribution is 0.880. The van der Waals surface area contributed by atoms with Crippen molar-refractivity contribution in [2.75, 3.05) is 0 Å². The summed E-state index contributed by atoms with van der Waals surface area (Å²) in [5.74, 6) is 0. The lowest BCUT2D eigenvalue weighted by Gasteiger charge is -1.94. The predicted molar refractivity (Wildman–Crippen MR) is 43.1 cm³/mol. The third kappa shape index (κ3) is 1.05. The molecule has 0 saturated carbocycles. The molecule has 1 rings (SSSR count). The molecule has 1 aromatic rings. The first kappa shape index (κ1) is 6.13. The van der Waals surface area contributed by atoms with Gasteiger partial charge < -0.3 is 4.57 Å². The molecule has 2 heteroatoms. The number of nitrogens with zero attached hydrogens (tertiary/aromatic N) is 1. The van der Waals surface area contributed by atoms with Crippen LogP contribution in [0.4, 0.5) is 0 Å². The van der Waals surface area contributed by atoms with Gasteiger partial charge in [-0.3, -0.25) is 0 Å². The first-order valence-electron chi connectivity index (χ1n) is 2.51. The van der Waals surface area contributed by atoms with Gasteiger partial charge in [0.15, 0.2) is 0 Å². The van der Waals surface area contributed by atoms with Crippen LogP contribution in [0.5, 0.6) is 0 Å². The number of alkyl halides is 1. The minimum Gasteiger partial charge on any atom is -0.354 e. The molecule has 0 spiro atoms. The van der Waals surface area contributed by atoms with E-state index in [4.69, 9.17) is 0 Å². The van der Waals surface area contributed by atoms with Crippen LogP contribution in [0.25, 0.3) is 0 Å². The van der Waals surface area contributed by atoms with Crippen LogP contribution >= 0.6 is 22.6 Å². The molecular formula is C6H8IN. The first-order chi connectivity index (χ1) is 3.84. The zero-order valence-corrected chi connectivity index (χ0v) is 6.92. The molecule has 0 aliphatic rings. The van der Waals surface area contributed by atoms with E-state index < -0.39 is 0 Å². The summed E-state index contributed by atoms with van der Waals surface area (Å²) in [6.45, 7) is 0. The van der Waals surface area contributed by atoms with Crippen LogP contribution in [0.1, 0.15) is 5.69 Å². The molecule has 8 heavy (non-hydrogen) atoms. The smallest absolute Gasteiger partial charge is 0.0400 e. The van der Waals surface area contributed by atoms with Crippen LogP contribution in [-0.2, 0) is 11.5 Å². The third-order valence-electron chi connectivity index (χ3n) is 1.19. The zero-order chi connectivity index (χ0) is 5.98. The van der Waals surface area contributed by atoms with Crippen molar-refractivity contribution in [1.82, 2.24) is 4.57 Å². The monoisotopic (exact) mass is 221 g/mol. The second-order valence-corrected chi connectivity index (χ2v) is 2.51. The van der Waals surface area contributed by atoms with Crippen molar-refractivity contribution >= 4 is 22.6 Å². The van der Waals surface area contributed by atoms with Crippen LogP contribution in [0.15, 0.2) is 18.3 Å². The van der Waals surface area contributed by atoms with E-state index in [0.717, 1.165) is 4.43 Å². The lowest BCUT2D eigenvalue weighted by Crippen LogP contribution is -1.88. The van der Waals surface area contributed by atoms with E-state index in [1.165, 1.54) is 5.69 Å². The predicted octanol–water partition coefficient (Wildman–Crippen LogP) is 1.96. The molecule has 0 bridgehead atoms. The Hall–Kier alpha value is 0.01000. The van der Waals surface area contributed by atoms with Crippen molar-refractivity contribution in [2.24, 2.45) is 7.05 Å². The molecule has 0 saturated heterocycles. The van der Waals surface area contributed by atoms with Crippen LogP contribution in [0.2, 0.25) is 0 Å². The largest absolute Gasteiger partial charge is 0.354 e. The Bertz CT molecular complexity index is 169. The van der Waals surface area contributed by atoms with Crippen molar-refractivity contribution in [3.05, 3.63) is 24.0 Å². The summed E-state index contributed by atoms with van der Waals surface area (Å²) >= 11 is 2.35. The van der Waals surface area contributed by atoms with E-state index in [-0.39, 0.29) is 0 Å². The fourth-order valence-electron chi connectivity index (χ4n) is 0.635. The van der Waals surface area contributed by atoms with Crippen LogP contribution in [-0.4, -0.2) is 4.57 Å². The van der Waals surface area contributed by atoms with Gasteiger partial charge in [-0.25, -0.2) is 0 Å². The number of aryl methyl sites for hydroxylation is 1. The molecule has 0 aromatic carbocycles. The van der Waals surface area contributed by atoms with E-state index in [1.54, 1.807) is 0 Å². The molecule has 0 radical (unpaired) electrons. The highest BCUT2D eigenvalue weighted by molar-refractivity contribution is 14.1. The van der Waals surface area contributed by atoms with Gasteiger partial charge in [-0.1, -0.05) is 22.6 Å². The highest BCUT2D eigenvalue weighted by atomic mass is 127. The number of hydrogen-bond acceptors (Lipinski definition) is 0. The average molecular weight is 221 g/mol. The Morgan fingerprint density at radius 1 is 1.75 bits per heavy atom. The van der Waals surface area contributed by atoms with Crippen molar-refractivity contribution in [1.29, 1.82) is 0 Å². The van der Waals surface area contributed by atoms with Gasteiger partial charge in [0.25, 0.3) is 0 Å². The van der Waals surface area contributed by atoms with Gasteiger partial charge in [-0.15, -0.1) is 0 Å². The molecule has 0 aliphatic carbocycles. The standard InChI is InChI=1S/C6H8IN/c1-8-4-2-3-6(8)5-7/h2-4H,5H2,1H3. The van der Waals surface area contributed by atoms with E-state index in [2.05, 4.69) is 52.5 Å². The number of hydrogen-bond donors (Lipinski definition) is 0. The molecule has 0 N–H and O–H groups in total. The van der Waals surface area contributed by atoms with Gasteiger partial charge in [0, 0.05) is 23.4 Å². The molecule has 0 aliphatic heterocycles. The number of halogens is 1. The van der Waals surface area contributed by atoms with E-state index >= 15 is 0 Å². The molecule has 0 unspecified atom stereocenters. The molecule has 1 aromatic heterocycles. The normalized spacial score (nSPS) is 9.75. The fourth-order valence-corrected chi connectivity index (χ4v) is 1.43. The molecule has 1 nitrogen and oxygen atoms in total. The van der Waals surface area contributed by atoms with E-state index in [1.807, 2.05) is 0 Å². The molecule has 0 atom stereocenters. The van der Waals surface area contributed by atoms with Crippen LogP contribution in [0.3, 0.4) is 0 Å². The topological polar surface area (TPSA) is 4.93 Å². The van der Waals surface area contributed by atoms with Gasteiger partial charge in [0.05, 0.1) is 0 Å². The molecule has 44 valence electrons. The fraction of sp³-hybridized carbons (Fsp3) is 0.333. The third-order valence-corrected chi connectivity index (χ3v) is 1.97. The highest BCUT2D eigenvalue weighted by Gasteiger charge is 1.89. The summed E-state index contributed by atoms with van der Waals surface area (Å²) in [6.07, 6.45) is 2.06. The Balaban J connectivity index is 2.92. The summed E-state index contributed by atoms with van der Waals surface area (Å²) < 4.78 is 3.23. The first-order valence-corrected chi connectivity index (χ1v) is 4.03. The molecule has 0 fully saturated rings. The SMILES string of the molecule is Cn1cccc1CI. The Morgan fingerprint density at radius 2 is 2.50 bits per heavy atom. The second kappa shape index (κ2) is 2.53. The summed E-state index contributed by atoms with van der Waals surface area (Å²) in [7, 11) is 2.06. The summed E-state index contributed by atoms with van der Waals surface area (Å²) in [4.78, 5) is 0. The summed E-state index contributed by atoms with van der Waals surface area (Å²) in [5.41, 5.74) is 1.38. The van der Waals surface area contributed by atoms with Crippen LogP contribution in [0, 0.1) is 0 Å².